The van der Waals surface area contributed by atoms with Crippen molar-refractivity contribution in [1.82, 2.24) is 0 Å². The molecule has 0 saturated carbocycles. The summed E-state index contributed by atoms with van der Waals surface area (Å²) in [5.74, 6) is -0.0221. The molecule has 3 rings (SSSR count). The topological polar surface area (TPSA) is 76.6 Å². The molecule has 2 aromatic rings. The number of anilines is 1. The Hall–Kier alpha value is -2.18. The van der Waals surface area contributed by atoms with Gasteiger partial charge in [-0.05, 0) is 36.3 Å². The van der Waals surface area contributed by atoms with Crippen LogP contribution in [0.25, 0.3) is 0 Å². The lowest BCUT2D eigenvalue weighted by Gasteiger charge is -2.14. The van der Waals surface area contributed by atoms with Crippen LogP contribution in [0.15, 0.2) is 24.3 Å². The van der Waals surface area contributed by atoms with Crippen LogP contribution in [0, 0.1) is 0 Å². The first kappa shape index (κ1) is 19.6. The van der Waals surface area contributed by atoms with E-state index in [9.17, 15) is 9.59 Å². The molecule has 0 saturated heterocycles. The van der Waals surface area contributed by atoms with E-state index in [0.29, 0.717) is 23.0 Å². The van der Waals surface area contributed by atoms with Gasteiger partial charge in [-0.2, -0.15) is 0 Å². The summed E-state index contributed by atoms with van der Waals surface area (Å²) in [7, 11) is 2.00. The van der Waals surface area contributed by atoms with E-state index >= 15 is 0 Å². The van der Waals surface area contributed by atoms with Crippen LogP contribution in [0.4, 0.5) is 5.00 Å². The molecule has 4 N–H and O–H groups in total. The molecule has 1 aromatic heterocycles. The maximum absolute atomic E-state index is 12.5. The first-order valence-corrected chi connectivity index (χ1v) is 10.3. The lowest BCUT2D eigenvalue weighted by molar-refractivity contribution is -0.885. The second kappa shape index (κ2) is 8.23. The van der Waals surface area contributed by atoms with Crippen LogP contribution in [-0.4, -0.2) is 25.4 Å². The van der Waals surface area contributed by atoms with Gasteiger partial charge in [0.15, 0.2) is 6.54 Å². The van der Waals surface area contributed by atoms with E-state index in [2.05, 4.69) is 43.4 Å². The highest BCUT2D eigenvalue weighted by Gasteiger charge is 2.26. The van der Waals surface area contributed by atoms with Gasteiger partial charge in [-0.3, -0.25) is 9.59 Å². The number of carbonyl (C=O) groups excluding carboxylic acids is 2. The van der Waals surface area contributed by atoms with Gasteiger partial charge in [0, 0.05) is 10.4 Å². The fourth-order valence-electron chi connectivity index (χ4n) is 3.63. The van der Waals surface area contributed by atoms with Gasteiger partial charge in [0.2, 0.25) is 0 Å². The third-order valence-electron chi connectivity index (χ3n) is 5.04. The Morgan fingerprint density at radius 2 is 1.93 bits per heavy atom. The summed E-state index contributed by atoms with van der Waals surface area (Å²) in [6.45, 7) is 5.47. The van der Waals surface area contributed by atoms with Crippen molar-refractivity contribution in [3.8, 4) is 0 Å². The van der Waals surface area contributed by atoms with Gasteiger partial charge >= 0.3 is 0 Å². The predicted octanol–water partition coefficient (Wildman–Crippen LogP) is 2.11. The van der Waals surface area contributed by atoms with Crippen LogP contribution >= 0.6 is 11.3 Å². The number of hydrogen-bond acceptors (Lipinski definition) is 3. The Kier molecular flexibility index (Phi) is 5.97. The Bertz CT molecular complexity index is 840. The van der Waals surface area contributed by atoms with Crippen LogP contribution in [-0.2, 0) is 24.2 Å². The van der Waals surface area contributed by atoms with Gasteiger partial charge in [-0.1, -0.05) is 38.1 Å². The Labute approximate surface area is 164 Å². The maximum Gasteiger partial charge on any atom is 0.280 e. The molecular formula is C21H28N3O2S+. The largest absolute Gasteiger partial charge is 0.365 e. The number of carbonyl (C=O) groups is 2. The number of fused-ring (bicyclic) bond motifs is 1. The van der Waals surface area contributed by atoms with Crippen LogP contribution in [0.2, 0.25) is 0 Å². The number of rotatable bonds is 7. The minimum Gasteiger partial charge on any atom is -0.365 e. The zero-order valence-corrected chi connectivity index (χ0v) is 17.0. The van der Waals surface area contributed by atoms with Crippen LogP contribution < -0.4 is 16.0 Å². The first-order valence-electron chi connectivity index (χ1n) is 9.49. The van der Waals surface area contributed by atoms with Crippen LogP contribution in [0.5, 0.6) is 0 Å². The van der Waals surface area contributed by atoms with Gasteiger partial charge in [0.05, 0.1) is 12.6 Å². The Morgan fingerprint density at radius 1 is 1.22 bits per heavy atom. The molecule has 0 radical (unpaired) electrons. The SMILES string of the molecule is CC(C)c1ccc(C[NH+](C)CC(=O)Nc2sc3c(c2C(N)=O)CCC3)cc1. The molecule has 1 unspecified atom stereocenters. The molecule has 1 heterocycles. The molecule has 2 amide bonds. The number of hydrogen-bond donors (Lipinski definition) is 3. The fourth-order valence-corrected chi connectivity index (χ4v) is 4.94. The van der Waals surface area contributed by atoms with Crippen molar-refractivity contribution < 1.29 is 14.5 Å². The zero-order valence-electron chi connectivity index (χ0n) is 16.2. The summed E-state index contributed by atoms with van der Waals surface area (Å²) in [4.78, 5) is 26.6. The third kappa shape index (κ3) is 4.57. The van der Waals surface area contributed by atoms with E-state index < -0.39 is 5.91 Å². The van der Waals surface area contributed by atoms with E-state index in [-0.39, 0.29) is 5.91 Å². The molecule has 6 heteroatoms. The summed E-state index contributed by atoms with van der Waals surface area (Å²) in [5, 5.41) is 3.54. The smallest absolute Gasteiger partial charge is 0.280 e. The molecule has 0 aliphatic heterocycles. The molecule has 5 nitrogen and oxygen atoms in total. The summed E-state index contributed by atoms with van der Waals surface area (Å²) >= 11 is 1.50. The van der Waals surface area contributed by atoms with E-state index in [0.717, 1.165) is 36.3 Å². The van der Waals surface area contributed by atoms with E-state index in [1.54, 1.807) is 0 Å². The minimum atomic E-state index is -0.448. The van der Waals surface area contributed by atoms with Crippen molar-refractivity contribution in [2.75, 3.05) is 18.9 Å². The second-order valence-corrected chi connectivity index (χ2v) is 8.79. The van der Waals surface area contributed by atoms with Crippen molar-refractivity contribution in [3.63, 3.8) is 0 Å². The van der Waals surface area contributed by atoms with E-state index in [4.69, 9.17) is 5.73 Å². The van der Waals surface area contributed by atoms with Gasteiger partial charge in [-0.15, -0.1) is 11.3 Å². The quantitative estimate of drug-likeness (QED) is 0.682. The van der Waals surface area contributed by atoms with Gasteiger partial charge in [0.1, 0.15) is 11.5 Å². The number of quaternary nitrogens is 1. The fraction of sp³-hybridized carbons (Fsp3) is 0.429. The summed E-state index contributed by atoms with van der Waals surface area (Å²) in [5.41, 5.74) is 9.63. The van der Waals surface area contributed by atoms with Crippen molar-refractivity contribution >= 4 is 28.2 Å². The lowest BCUT2D eigenvalue weighted by atomic mass is 10.0. The van der Waals surface area contributed by atoms with Crippen LogP contribution in [0.1, 0.15) is 58.1 Å². The molecule has 1 aliphatic carbocycles. The van der Waals surface area contributed by atoms with E-state index in [1.807, 2.05) is 7.05 Å². The second-order valence-electron chi connectivity index (χ2n) is 7.68. The lowest BCUT2D eigenvalue weighted by Crippen LogP contribution is -3.08. The summed E-state index contributed by atoms with van der Waals surface area (Å²) < 4.78 is 0. The average Bonchev–Trinajstić information content (AvgIpc) is 3.15. The highest BCUT2D eigenvalue weighted by atomic mass is 32.1. The number of likely N-dealkylation sites (N-methyl/N-ethyl adjacent to an activating group) is 1. The Morgan fingerprint density at radius 3 is 2.56 bits per heavy atom. The predicted molar refractivity (Wildman–Crippen MR) is 109 cm³/mol. The Balaban J connectivity index is 1.60. The van der Waals surface area contributed by atoms with Gasteiger partial charge < -0.3 is 16.0 Å². The third-order valence-corrected chi connectivity index (χ3v) is 6.24. The number of nitrogens with one attached hydrogen (secondary N) is 2. The highest BCUT2D eigenvalue weighted by Crippen LogP contribution is 2.38. The molecule has 0 fully saturated rings. The summed E-state index contributed by atoms with van der Waals surface area (Å²) in [6.07, 6.45) is 2.89. The molecule has 1 aliphatic rings. The van der Waals surface area contributed by atoms with Gasteiger partial charge in [-0.25, -0.2) is 0 Å². The average molecular weight is 387 g/mol. The maximum atomic E-state index is 12.5. The molecular weight excluding hydrogens is 358 g/mol. The molecule has 0 bridgehead atoms. The zero-order chi connectivity index (χ0) is 19.6. The van der Waals surface area contributed by atoms with Crippen molar-refractivity contribution in [2.24, 2.45) is 5.73 Å². The minimum absolute atomic E-state index is 0.0891. The monoisotopic (exact) mass is 386 g/mol. The van der Waals surface area contributed by atoms with Crippen molar-refractivity contribution in [2.45, 2.75) is 45.6 Å². The molecule has 1 aromatic carbocycles. The molecule has 144 valence electrons. The highest BCUT2D eigenvalue weighted by molar-refractivity contribution is 7.17. The number of amides is 2. The number of benzene rings is 1. The first-order chi connectivity index (χ1) is 12.8. The standard InChI is InChI=1S/C21H27N3O2S/c1-13(2)15-9-7-14(8-10-15)11-24(3)12-18(25)23-21-19(20(22)26)16-5-4-6-17(16)27-21/h7-10,13H,4-6,11-12H2,1-3H3,(H2,22,26)(H,23,25)/p+1. The van der Waals surface area contributed by atoms with Gasteiger partial charge in [0.25, 0.3) is 11.8 Å². The van der Waals surface area contributed by atoms with Crippen LogP contribution in [0.3, 0.4) is 0 Å². The van der Waals surface area contributed by atoms with E-state index in [1.165, 1.54) is 27.3 Å². The molecule has 1 atom stereocenters. The number of nitrogens with two attached hydrogens (primary N) is 1. The molecule has 27 heavy (non-hydrogen) atoms. The number of aryl methyl sites for hydroxylation is 1. The van der Waals surface area contributed by atoms with Crippen molar-refractivity contribution in [3.05, 3.63) is 51.4 Å². The molecule has 0 spiro atoms. The normalized spacial score (nSPS) is 14.2. The number of thiophene rings is 1. The van der Waals surface area contributed by atoms with Crippen molar-refractivity contribution in [1.29, 1.82) is 0 Å². The number of primary amides is 1. The summed E-state index contributed by atoms with van der Waals surface area (Å²) in [6, 6.07) is 8.57.